The normalized spacial score (nSPS) is 11.3. The van der Waals surface area contributed by atoms with E-state index in [-0.39, 0.29) is 5.69 Å². The Morgan fingerprint density at radius 3 is 2.37 bits per heavy atom. The van der Waals surface area contributed by atoms with Gasteiger partial charge in [0.1, 0.15) is 0 Å². The minimum absolute atomic E-state index is 0.0772. The van der Waals surface area contributed by atoms with Crippen LogP contribution in [-0.4, -0.2) is 21.0 Å². The quantitative estimate of drug-likeness (QED) is 0.301. The Morgan fingerprint density at radius 2 is 1.74 bits per heavy atom. The van der Waals surface area contributed by atoms with E-state index in [1.807, 2.05) is 6.07 Å². The zero-order valence-corrected chi connectivity index (χ0v) is 9.76. The van der Waals surface area contributed by atoms with Crippen LogP contribution >= 0.6 is 0 Å². The number of nitro benzene ring substituents is 1. The van der Waals surface area contributed by atoms with Crippen LogP contribution in [0.25, 0.3) is 0 Å². The summed E-state index contributed by atoms with van der Waals surface area (Å²) in [4.78, 5) is 9.93. The first-order valence-corrected chi connectivity index (χ1v) is 5.41. The van der Waals surface area contributed by atoms with Crippen molar-refractivity contribution < 1.29 is 14.8 Å². The maximum atomic E-state index is 11.9. The predicted octanol–water partition coefficient (Wildman–Crippen LogP) is 2.56. The van der Waals surface area contributed by atoms with Crippen LogP contribution in [-0.2, 0) is 0 Å². The van der Waals surface area contributed by atoms with Crippen LogP contribution in [0.2, 0.25) is 0 Å². The van der Waals surface area contributed by atoms with Crippen LogP contribution in [0.1, 0.15) is 5.56 Å². The zero-order chi connectivity index (χ0) is 13.8. The van der Waals surface area contributed by atoms with Crippen molar-refractivity contribution in [2.24, 2.45) is 0 Å². The molecule has 0 radical (unpaired) electrons. The highest BCUT2D eigenvalue weighted by atomic mass is 16.6. The number of nitro groups is 1. The zero-order valence-electron chi connectivity index (χ0n) is 9.76. The summed E-state index contributed by atoms with van der Waals surface area (Å²) in [7, 11) is 0. The Labute approximate surface area is 108 Å². The average molecular weight is 258 g/mol. The fraction of sp³-hybridized carbons (Fsp3) is 0. The van der Waals surface area contributed by atoms with Crippen molar-refractivity contribution in [2.45, 2.75) is 0 Å². The van der Waals surface area contributed by atoms with Gasteiger partial charge in [-0.1, -0.05) is 18.2 Å². The number of nitrogens with zero attached hydrogens (tertiary/aromatic N) is 2. The number of rotatable bonds is 3. The van der Waals surface area contributed by atoms with Crippen LogP contribution in [0.4, 0.5) is 11.4 Å². The first-order valence-electron chi connectivity index (χ1n) is 5.41. The number of hydrogen-bond donors (Lipinski definition) is 1. The van der Waals surface area contributed by atoms with Gasteiger partial charge in [0.2, 0.25) is 5.69 Å². The molecule has 0 heterocycles. The van der Waals surface area contributed by atoms with Crippen LogP contribution in [0.3, 0.4) is 0 Å². The molecule has 2 aromatic rings. The molecule has 0 saturated carbocycles. The number of hydrogen-bond acceptors (Lipinski definition) is 4. The van der Waals surface area contributed by atoms with E-state index >= 15 is 0 Å². The Morgan fingerprint density at radius 1 is 1.05 bits per heavy atom. The smallest absolute Gasteiger partial charge is 0.317 e. The van der Waals surface area contributed by atoms with Crippen LogP contribution in [0.5, 0.6) is 5.75 Å². The van der Waals surface area contributed by atoms with Gasteiger partial charge in [0, 0.05) is 11.6 Å². The minimum atomic E-state index is -0.741. The summed E-state index contributed by atoms with van der Waals surface area (Å²) in [5, 5.41) is 31.8. The molecule has 0 bridgehead atoms. The van der Waals surface area contributed by atoms with E-state index < -0.39 is 16.4 Å². The van der Waals surface area contributed by atoms with Crippen molar-refractivity contribution in [1.82, 2.24) is 0 Å². The highest BCUT2D eigenvalue weighted by molar-refractivity contribution is 5.76. The molecular weight excluding hydrogens is 248 g/mol. The highest BCUT2D eigenvalue weighted by Crippen LogP contribution is 2.29. The Hall–Kier alpha value is -2.89. The molecule has 0 amide bonds. The van der Waals surface area contributed by atoms with Gasteiger partial charge in [-0.05, 0) is 18.2 Å². The molecule has 0 spiro atoms. The van der Waals surface area contributed by atoms with Gasteiger partial charge in [-0.25, -0.2) is 0 Å². The van der Waals surface area contributed by atoms with E-state index in [1.165, 1.54) is 12.3 Å². The largest absolute Gasteiger partial charge is 0.618 e. The summed E-state index contributed by atoms with van der Waals surface area (Å²) in [6.07, 6.45) is 1.30. The second kappa shape index (κ2) is 5.18. The fourth-order valence-corrected chi connectivity index (χ4v) is 1.54. The van der Waals surface area contributed by atoms with Crippen molar-refractivity contribution in [3.63, 3.8) is 0 Å². The van der Waals surface area contributed by atoms with E-state index in [0.717, 1.165) is 12.1 Å². The third-order valence-corrected chi connectivity index (χ3v) is 2.48. The molecule has 1 N–H and O–H groups in total. The van der Waals surface area contributed by atoms with Crippen molar-refractivity contribution >= 4 is 17.6 Å². The molecule has 0 aliphatic carbocycles. The minimum Gasteiger partial charge on any atom is -0.618 e. The summed E-state index contributed by atoms with van der Waals surface area (Å²) in [6, 6.07) is 12.3. The first-order chi connectivity index (χ1) is 9.08. The van der Waals surface area contributed by atoms with Gasteiger partial charge in [-0.3, -0.25) is 10.1 Å². The van der Waals surface area contributed by atoms with Crippen molar-refractivity contribution in [1.29, 1.82) is 0 Å². The molecule has 19 heavy (non-hydrogen) atoms. The molecule has 0 aliphatic rings. The third-order valence-electron chi connectivity index (χ3n) is 2.48. The molecule has 0 aliphatic heterocycles. The third kappa shape index (κ3) is 2.86. The Kier molecular flexibility index (Phi) is 3.42. The van der Waals surface area contributed by atoms with Gasteiger partial charge in [-0.2, -0.15) is 4.74 Å². The van der Waals surface area contributed by atoms with Crippen LogP contribution in [0, 0.1) is 15.3 Å². The maximum absolute atomic E-state index is 11.9. The first kappa shape index (κ1) is 12.6. The Balaban J connectivity index is 2.39. The topological polar surface area (TPSA) is 89.4 Å². The molecule has 0 fully saturated rings. The summed E-state index contributed by atoms with van der Waals surface area (Å²) in [6.45, 7) is 0. The SMILES string of the molecule is O=[N+]([O-])c1cc(/[N+]([O-])=C\c2ccccc2)ccc1O. The molecular formula is C13H10N2O4. The summed E-state index contributed by atoms with van der Waals surface area (Å²) >= 11 is 0. The lowest BCUT2D eigenvalue weighted by Crippen LogP contribution is -1.99. The second-order valence-electron chi connectivity index (χ2n) is 3.80. The molecule has 0 unspecified atom stereocenters. The number of aromatic hydroxyl groups is 1. The van der Waals surface area contributed by atoms with E-state index in [9.17, 15) is 20.4 Å². The lowest BCUT2D eigenvalue weighted by atomic mass is 10.2. The second-order valence-corrected chi connectivity index (χ2v) is 3.80. The van der Waals surface area contributed by atoms with Crippen molar-refractivity contribution in [3.05, 3.63) is 69.4 Å². The lowest BCUT2D eigenvalue weighted by Gasteiger charge is -2.03. The van der Waals surface area contributed by atoms with Gasteiger partial charge in [0.25, 0.3) is 0 Å². The van der Waals surface area contributed by atoms with Crippen molar-refractivity contribution in [2.75, 3.05) is 0 Å². The standard InChI is InChI=1S/C13H10N2O4/c16-13-7-6-11(8-12(13)15(18)19)14(17)9-10-4-2-1-3-5-10/h1-9,16H/b14-9+. The lowest BCUT2D eigenvalue weighted by molar-refractivity contribution is -0.388. The number of benzene rings is 2. The molecule has 96 valence electrons. The maximum Gasteiger partial charge on any atom is 0.317 e. The number of phenolic OH excluding ortho intramolecular Hbond substituents is 1. The van der Waals surface area contributed by atoms with Gasteiger partial charge < -0.3 is 10.3 Å². The van der Waals surface area contributed by atoms with Crippen molar-refractivity contribution in [3.8, 4) is 5.75 Å². The van der Waals surface area contributed by atoms with Gasteiger partial charge in [-0.15, -0.1) is 0 Å². The van der Waals surface area contributed by atoms with E-state index in [1.54, 1.807) is 24.3 Å². The average Bonchev–Trinajstić information content (AvgIpc) is 2.40. The Bertz CT molecular complexity index is 638. The summed E-state index contributed by atoms with van der Waals surface area (Å²) in [5.41, 5.74) is 0.251. The molecule has 0 saturated heterocycles. The van der Waals surface area contributed by atoms with Crippen LogP contribution < -0.4 is 0 Å². The van der Waals surface area contributed by atoms with E-state index in [4.69, 9.17) is 0 Å². The summed E-state index contributed by atoms with van der Waals surface area (Å²) < 4.78 is 0.516. The highest BCUT2D eigenvalue weighted by Gasteiger charge is 2.16. The van der Waals surface area contributed by atoms with E-state index in [0.29, 0.717) is 10.3 Å². The summed E-state index contributed by atoms with van der Waals surface area (Å²) in [5.74, 6) is -0.470. The molecule has 6 heteroatoms. The van der Waals surface area contributed by atoms with Gasteiger partial charge in [0.15, 0.2) is 12.0 Å². The monoisotopic (exact) mass is 258 g/mol. The van der Waals surface area contributed by atoms with Gasteiger partial charge in [0.05, 0.1) is 11.0 Å². The molecule has 2 aromatic carbocycles. The van der Waals surface area contributed by atoms with Gasteiger partial charge >= 0.3 is 5.69 Å². The number of phenols is 1. The van der Waals surface area contributed by atoms with Crippen LogP contribution in [0.15, 0.2) is 48.5 Å². The molecule has 2 rings (SSSR count). The fourth-order valence-electron chi connectivity index (χ4n) is 1.54. The molecule has 0 aromatic heterocycles. The molecule has 6 nitrogen and oxygen atoms in total. The van der Waals surface area contributed by atoms with E-state index in [2.05, 4.69) is 0 Å². The molecule has 0 atom stereocenters. The predicted molar refractivity (Wildman–Crippen MR) is 69.7 cm³/mol.